The molecule has 1 atom stereocenters. The van der Waals surface area contributed by atoms with Gasteiger partial charge in [0, 0.05) is 11.4 Å². The third kappa shape index (κ3) is 4.13. The highest BCUT2D eigenvalue weighted by molar-refractivity contribution is 6.42. The van der Waals surface area contributed by atoms with E-state index in [1.54, 1.807) is 24.3 Å². The van der Waals surface area contributed by atoms with Crippen LogP contribution in [0.4, 0.5) is 0 Å². The standard InChI is InChI=1S/C16H14Cl3NO/c1-10(13-6-7-14(18)15(19)8-13)20-16(21)12-4-2-11(9-17)3-5-12/h2-8,10H,9H2,1H3,(H,20,21). The van der Waals surface area contributed by atoms with Gasteiger partial charge in [0.2, 0.25) is 0 Å². The number of halogens is 3. The summed E-state index contributed by atoms with van der Waals surface area (Å²) >= 11 is 17.6. The molecule has 0 heterocycles. The zero-order valence-corrected chi connectivity index (χ0v) is 13.6. The van der Waals surface area contributed by atoms with Gasteiger partial charge in [0.05, 0.1) is 16.1 Å². The zero-order valence-electron chi connectivity index (χ0n) is 11.4. The normalized spacial score (nSPS) is 12.0. The second kappa shape index (κ2) is 7.17. The van der Waals surface area contributed by atoms with Crippen molar-refractivity contribution < 1.29 is 4.79 Å². The molecule has 0 aliphatic carbocycles. The fraction of sp³-hybridized carbons (Fsp3) is 0.188. The first-order valence-corrected chi connectivity index (χ1v) is 7.71. The lowest BCUT2D eigenvalue weighted by Gasteiger charge is -2.15. The fourth-order valence-corrected chi connectivity index (χ4v) is 2.37. The van der Waals surface area contributed by atoms with Gasteiger partial charge in [-0.25, -0.2) is 0 Å². The maximum absolute atomic E-state index is 12.2. The van der Waals surface area contributed by atoms with Crippen molar-refractivity contribution in [3.63, 3.8) is 0 Å². The Balaban J connectivity index is 2.08. The molecule has 2 rings (SSSR count). The average Bonchev–Trinajstić information content (AvgIpc) is 2.50. The van der Waals surface area contributed by atoms with Gasteiger partial charge in [-0.05, 0) is 42.3 Å². The summed E-state index contributed by atoms with van der Waals surface area (Å²) in [4.78, 5) is 12.2. The number of alkyl halides is 1. The first-order valence-electron chi connectivity index (χ1n) is 6.42. The zero-order chi connectivity index (χ0) is 15.4. The third-order valence-electron chi connectivity index (χ3n) is 3.16. The van der Waals surface area contributed by atoms with Crippen LogP contribution in [0.1, 0.15) is 34.5 Å². The van der Waals surface area contributed by atoms with Crippen molar-refractivity contribution in [2.24, 2.45) is 0 Å². The lowest BCUT2D eigenvalue weighted by molar-refractivity contribution is 0.0940. The molecule has 5 heteroatoms. The molecule has 0 radical (unpaired) electrons. The minimum Gasteiger partial charge on any atom is -0.346 e. The highest BCUT2D eigenvalue weighted by atomic mass is 35.5. The molecule has 0 aliphatic rings. The number of nitrogens with one attached hydrogen (secondary N) is 1. The fourth-order valence-electron chi connectivity index (χ4n) is 1.89. The van der Waals surface area contributed by atoms with E-state index in [-0.39, 0.29) is 11.9 Å². The summed E-state index contributed by atoms with van der Waals surface area (Å²) in [5.41, 5.74) is 2.47. The number of hydrogen-bond donors (Lipinski definition) is 1. The van der Waals surface area contributed by atoms with E-state index < -0.39 is 0 Å². The van der Waals surface area contributed by atoms with Crippen LogP contribution in [-0.2, 0) is 5.88 Å². The molecule has 21 heavy (non-hydrogen) atoms. The summed E-state index contributed by atoms with van der Waals surface area (Å²) in [6.07, 6.45) is 0. The third-order valence-corrected chi connectivity index (χ3v) is 4.21. The van der Waals surface area contributed by atoms with E-state index in [1.807, 2.05) is 25.1 Å². The number of carbonyl (C=O) groups is 1. The van der Waals surface area contributed by atoms with Crippen molar-refractivity contribution in [1.82, 2.24) is 5.32 Å². The molecule has 0 bridgehead atoms. The van der Waals surface area contributed by atoms with Gasteiger partial charge >= 0.3 is 0 Å². The van der Waals surface area contributed by atoms with Crippen molar-refractivity contribution in [3.8, 4) is 0 Å². The number of carbonyl (C=O) groups excluding carboxylic acids is 1. The van der Waals surface area contributed by atoms with Crippen LogP contribution < -0.4 is 5.32 Å². The molecule has 0 fully saturated rings. The summed E-state index contributed by atoms with van der Waals surface area (Å²) in [7, 11) is 0. The summed E-state index contributed by atoms with van der Waals surface area (Å²) in [5.74, 6) is 0.288. The Morgan fingerprint density at radius 3 is 2.33 bits per heavy atom. The monoisotopic (exact) mass is 341 g/mol. The van der Waals surface area contributed by atoms with Gasteiger partial charge in [0.15, 0.2) is 0 Å². The minimum atomic E-state index is -0.167. The van der Waals surface area contributed by atoms with Gasteiger partial charge in [-0.3, -0.25) is 4.79 Å². The van der Waals surface area contributed by atoms with Crippen LogP contribution in [0.3, 0.4) is 0 Å². The van der Waals surface area contributed by atoms with Crippen LogP contribution in [0.15, 0.2) is 42.5 Å². The second-order valence-corrected chi connectivity index (χ2v) is 5.78. The number of rotatable bonds is 4. The van der Waals surface area contributed by atoms with E-state index in [1.165, 1.54) is 0 Å². The predicted octanol–water partition coefficient (Wildman–Crippen LogP) is 5.22. The largest absolute Gasteiger partial charge is 0.346 e. The maximum atomic E-state index is 12.2. The van der Waals surface area contributed by atoms with Gasteiger partial charge in [0.25, 0.3) is 5.91 Å². The topological polar surface area (TPSA) is 29.1 Å². The van der Waals surface area contributed by atoms with Crippen LogP contribution in [-0.4, -0.2) is 5.91 Å². The van der Waals surface area contributed by atoms with Crippen molar-refractivity contribution in [3.05, 3.63) is 69.2 Å². The van der Waals surface area contributed by atoms with Gasteiger partial charge in [-0.1, -0.05) is 41.4 Å². The Morgan fingerprint density at radius 1 is 1.10 bits per heavy atom. The van der Waals surface area contributed by atoms with Crippen molar-refractivity contribution in [2.45, 2.75) is 18.8 Å². The Bertz CT molecular complexity index is 640. The van der Waals surface area contributed by atoms with Crippen LogP contribution in [0.25, 0.3) is 0 Å². The van der Waals surface area contributed by atoms with Gasteiger partial charge < -0.3 is 5.32 Å². The van der Waals surface area contributed by atoms with Gasteiger partial charge in [0.1, 0.15) is 0 Å². The highest BCUT2D eigenvalue weighted by Crippen LogP contribution is 2.25. The summed E-state index contributed by atoms with van der Waals surface area (Å²) < 4.78 is 0. The van der Waals surface area contributed by atoms with E-state index in [0.29, 0.717) is 21.5 Å². The molecule has 1 N–H and O–H groups in total. The molecular weight excluding hydrogens is 329 g/mol. The Kier molecular flexibility index (Phi) is 5.51. The predicted molar refractivity (Wildman–Crippen MR) is 88.3 cm³/mol. The molecular formula is C16H14Cl3NO. The first kappa shape index (κ1) is 16.2. The lowest BCUT2D eigenvalue weighted by atomic mass is 10.1. The van der Waals surface area contributed by atoms with Crippen molar-refractivity contribution >= 4 is 40.7 Å². The summed E-state index contributed by atoms with van der Waals surface area (Å²) in [6.45, 7) is 1.89. The molecule has 2 aromatic carbocycles. The Hall–Kier alpha value is -1.22. The molecule has 0 aromatic heterocycles. The van der Waals surface area contributed by atoms with E-state index in [0.717, 1.165) is 11.1 Å². The molecule has 1 amide bonds. The van der Waals surface area contributed by atoms with E-state index in [4.69, 9.17) is 34.8 Å². The van der Waals surface area contributed by atoms with E-state index in [9.17, 15) is 4.79 Å². The molecule has 2 aromatic rings. The lowest BCUT2D eigenvalue weighted by Crippen LogP contribution is -2.26. The van der Waals surface area contributed by atoms with Crippen LogP contribution in [0, 0.1) is 0 Å². The van der Waals surface area contributed by atoms with Gasteiger partial charge in [-0.2, -0.15) is 0 Å². The van der Waals surface area contributed by atoms with Crippen LogP contribution in [0.5, 0.6) is 0 Å². The number of benzene rings is 2. The first-order chi connectivity index (χ1) is 10.0. The van der Waals surface area contributed by atoms with Crippen LogP contribution in [0.2, 0.25) is 10.0 Å². The Morgan fingerprint density at radius 2 is 1.76 bits per heavy atom. The average molecular weight is 343 g/mol. The summed E-state index contributed by atoms with van der Waals surface area (Å²) in [6, 6.07) is 12.3. The highest BCUT2D eigenvalue weighted by Gasteiger charge is 2.12. The second-order valence-electron chi connectivity index (χ2n) is 4.70. The number of hydrogen-bond acceptors (Lipinski definition) is 1. The molecule has 2 nitrogen and oxygen atoms in total. The smallest absolute Gasteiger partial charge is 0.251 e. The maximum Gasteiger partial charge on any atom is 0.251 e. The molecule has 0 aliphatic heterocycles. The van der Waals surface area contributed by atoms with Crippen molar-refractivity contribution in [2.75, 3.05) is 0 Å². The minimum absolute atomic E-state index is 0.144. The van der Waals surface area contributed by atoms with E-state index in [2.05, 4.69) is 5.32 Å². The SMILES string of the molecule is CC(NC(=O)c1ccc(CCl)cc1)c1ccc(Cl)c(Cl)c1. The van der Waals surface area contributed by atoms with Crippen LogP contribution >= 0.6 is 34.8 Å². The number of amides is 1. The molecule has 1 unspecified atom stereocenters. The molecule has 0 saturated heterocycles. The summed E-state index contributed by atoms with van der Waals surface area (Å²) in [5, 5.41) is 3.89. The quantitative estimate of drug-likeness (QED) is 0.758. The molecule has 0 saturated carbocycles. The van der Waals surface area contributed by atoms with Crippen molar-refractivity contribution in [1.29, 1.82) is 0 Å². The molecule has 0 spiro atoms. The van der Waals surface area contributed by atoms with Gasteiger partial charge in [-0.15, -0.1) is 11.6 Å². The van der Waals surface area contributed by atoms with E-state index >= 15 is 0 Å². The Labute approximate surface area is 139 Å². The molecule has 110 valence electrons.